The molecule has 14 heavy (non-hydrogen) atoms. The molecule has 0 aliphatic heterocycles. The number of ether oxygens (including phenoxy) is 1. The number of hydrogen-bond donors (Lipinski definition) is 0. The maximum absolute atomic E-state index is 11.3. The summed E-state index contributed by atoms with van der Waals surface area (Å²) in [6.07, 6.45) is 4.54. The first-order valence-corrected chi connectivity index (χ1v) is 5.88. The third-order valence-electron chi connectivity index (χ3n) is 1.51. The highest BCUT2D eigenvalue weighted by atomic mass is 32.2. The molecule has 0 aromatic carbocycles. The molecule has 1 atom stereocenters. The molecule has 0 bridgehead atoms. The van der Waals surface area contributed by atoms with Crippen LogP contribution in [-0.4, -0.2) is 31.5 Å². The molecular formula is C9H14O4S. The zero-order valence-corrected chi connectivity index (χ0v) is 9.30. The molecular weight excluding hydrogens is 204 g/mol. The molecule has 80 valence electrons. The Bertz CT molecular complexity index is 334. The lowest BCUT2D eigenvalue weighted by Crippen LogP contribution is -2.32. The average Bonchev–Trinajstić information content (AvgIpc) is 2.01. The second kappa shape index (κ2) is 5.01. The van der Waals surface area contributed by atoms with E-state index in [9.17, 15) is 13.2 Å². The number of sulfone groups is 1. The third-order valence-corrected chi connectivity index (χ3v) is 3.35. The van der Waals surface area contributed by atoms with Crippen LogP contribution >= 0.6 is 0 Å². The van der Waals surface area contributed by atoms with Crippen LogP contribution in [0.3, 0.4) is 0 Å². The van der Waals surface area contributed by atoms with Crippen LogP contribution in [0.4, 0.5) is 0 Å². The van der Waals surface area contributed by atoms with E-state index in [0.717, 1.165) is 0 Å². The Morgan fingerprint density at radius 1 is 1.43 bits per heavy atom. The Labute approximate surface area is 84.6 Å². The standard InChI is InChI=1S/C9H14O4S/c1-5-6-14(11,12)8(4)9(10)13-7(2)3/h1,7-8H,6H2,2-4H3. The predicted molar refractivity (Wildman–Crippen MR) is 53.3 cm³/mol. The average molecular weight is 218 g/mol. The van der Waals surface area contributed by atoms with Gasteiger partial charge in [-0.1, -0.05) is 5.92 Å². The Balaban J connectivity index is 4.56. The maximum atomic E-state index is 11.3. The van der Waals surface area contributed by atoms with Gasteiger partial charge in [-0.05, 0) is 20.8 Å². The van der Waals surface area contributed by atoms with Crippen LogP contribution in [0.2, 0.25) is 0 Å². The largest absolute Gasteiger partial charge is 0.462 e. The van der Waals surface area contributed by atoms with Gasteiger partial charge in [0.2, 0.25) is 0 Å². The van der Waals surface area contributed by atoms with Crippen molar-refractivity contribution in [1.82, 2.24) is 0 Å². The molecule has 0 aliphatic rings. The van der Waals surface area contributed by atoms with E-state index in [4.69, 9.17) is 11.2 Å². The number of rotatable bonds is 4. The van der Waals surface area contributed by atoms with Crippen molar-refractivity contribution in [3.05, 3.63) is 0 Å². The quantitative estimate of drug-likeness (QED) is 0.505. The second-order valence-electron chi connectivity index (χ2n) is 3.14. The van der Waals surface area contributed by atoms with Crippen LogP contribution < -0.4 is 0 Å². The Morgan fingerprint density at radius 2 is 1.93 bits per heavy atom. The Kier molecular flexibility index (Phi) is 4.64. The molecule has 0 saturated heterocycles. The van der Waals surface area contributed by atoms with Crippen molar-refractivity contribution in [2.45, 2.75) is 32.1 Å². The summed E-state index contributed by atoms with van der Waals surface area (Å²) < 4.78 is 27.4. The van der Waals surface area contributed by atoms with Crippen molar-refractivity contribution in [2.24, 2.45) is 0 Å². The monoisotopic (exact) mass is 218 g/mol. The van der Waals surface area contributed by atoms with Gasteiger partial charge in [0, 0.05) is 0 Å². The lowest BCUT2D eigenvalue weighted by Gasteiger charge is -2.12. The highest BCUT2D eigenvalue weighted by molar-refractivity contribution is 7.92. The first kappa shape index (κ1) is 13.0. The SMILES string of the molecule is C#CCS(=O)(=O)C(C)C(=O)OC(C)C. The van der Waals surface area contributed by atoms with Gasteiger partial charge in [0.15, 0.2) is 15.1 Å². The summed E-state index contributed by atoms with van der Waals surface area (Å²) in [5.74, 6) is 0.804. The Hall–Kier alpha value is -1.02. The minimum Gasteiger partial charge on any atom is -0.462 e. The van der Waals surface area contributed by atoms with Crippen molar-refractivity contribution in [3.8, 4) is 12.3 Å². The highest BCUT2D eigenvalue weighted by Crippen LogP contribution is 2.05. The van der Waals surface area contributed by atoms with Crippen molar-refractivity contribution in [2.75, 3.05) is 5.75 Å². The van der Waals surface area contributed by atoms with Gasteiger partial charge in [0.1, 0.15) is 5.75 Å². The fourth-order valence-corrected chi connectivity index (χ4v) is 1.55. The smallest absolute Gasteiger partial charge is 0.324 e. The van der Waals surface area contributed by atoms with Crippen molar-refractivity contribution in [3.63, 3.8) is 0 Å². The summed E-state index contributed by atoms with van der Waals surface area (Å²) in [6.45, 7) is 4.58. The van der Waals surface area contributed by atoms with Gasteiger partial charge >= 0.3 is 5.97 Å². The van der Waals surface area contributed by atoms with Gasteiger partial charge in [-0.3, -0.25) is 4.79 Å². The van der Waals surface area contributed by atoms with Gasteiger partial charge in [-0.25, -0.2) is 8.42 Å². The second-order valence-corrected chi connectivity index (χ2v) is 5.46. The lowest BCUT2D eigenvalue weighted by atomic mass is 10.4. The van der Waals surface area contributed by atoms with Crippen LogP contribution in [-0.2, 0) is 19.4 Å². The highest BCUT2D eigenvalue weighted by Gasteiger charge is 2.28. The number of terminal acetylenes is 1. The topological polar surface area (TPSA) is 60.4 Å². The first-order valence-electron chi connectivity index (χ1n) is 4.16. The predicted octanol–water partition coefficient (Wildman–Crippen LogP) is 0.374. The van der Waals surface area contributed by atoms with Crippen molar-refractivity contribution < 1.29 is 17.9 Å². The molecule has 0 saturated carbocycles. The fraction of sp³-hybridized carbons (Fsp3) is 0.667. The summed E-state index contributed by atoms with van der Waals surface area (Å²) in [6, 6.07) is 0. The number of hydrogen-bond acceptors (Lipinski definition) is 4. The van der Waals surface area contributed by atoms with Crippen LogP contribution in [0.25, 0.3) is 0 Å². The maximum Gasteiger partial charge on any atom is 0.324 e. The first-order chi connectivity index (χ1) is 6.31. The van der Waals surface area contributed by atoms with Crippen molar-refractivity contribution >= 4 is 15.8 Å². The summed E-state index contributed by atoms with van der Waals surface area (Å²) in [4.78, 5) is 11.2. The molecule has 0 heterocycles. The fourth-order valence-electron chi connectivity index (χ4n) is 0.716. The molecule has 0 aromatic heterocycles. The van der Waals surface area contributed by atoms with E-state index < -0.39 is 26.8 Å². The number of esters is 1. The zero-order valence-electron chi connectivity index (χ0n) is 8.48. The normalized spacial score (nSPS) is 13.4. The molecule has 4 nitrogen and oxygen atoms in total. The molecule has 0 radical (unpaired) electrons. The minimum atomic E-state index is -3.57. The summed E-state index contributed by atoms with van der Waals surface area (Å²) in [5, 5.41) is -1.19. The molecule has 0 fully saturated rings. The third kappa shape index (κ3) is 3.79. The summed E-state index contributed by atoms with van der Waals surface area (Å²) in [5.41, 5.74) is 0. The number of carbonyl (C=O) groups excluding carboxylic acids is 1. The van der Waals surface area contributed by atoms with E-state index in [1.807, 2.05) is 5.92 Å². The molecule has 0 N–H and O–H groups in total. The van der Waals surface area contributed by atoms with Crippen LogP contribution in [0.5, 0.6) is 0 Å². The van der Waals surface area contributed by atoms with Gasteiger partial charge in [-0.15, -0.1) is 6.42 Å². The molecule has 1 unspecified atom stereocenters. The van der Waals surface area contributed by atoms with Gasteiger partial charge in [0.25, 0.3) is 0 Å². The minimum absolute atomic E-state index is 0.328. The van der Waals surface area contributed by atoms with E-state index in [2.05, 4.69) is 0 Å². The number of carbonyl (C=O) groups is 1. The Morgan fingerprint density at radius 3 is 2.29 bits per heavy atom. The van der Waals surface area contributed by atoms with E-state index in [-0.39, 0.29) is 6.10 Å². The van der Waals surface area contributed by atoms with Crippen molar-refractivity contribution in [1.29, 1.82) is 0 Å². The van der Waals surface area contributed by atoms with Crippen LogP contribution in [0, 0.1) is 12.3 Å². The van der Waals surface area contributed by atoms with Crippen LogP contribution in [0.15, 0.2) is 0 Å². The molecule has 5 heteroatoms. The molecule has 0 aliphatic carbocycles. The van der Waals surface area contributed by atoms with E-state index in [1.165, 1.54) is 6.92 Å². The summed E-state index contributed by atoms with van der Waals surface area (Å²) in [7, 11) is -3.57. The summed E-state index contributed by atoms with van der Waals surface area (Å²) >= 11 is 0. The van der Waals surface area contributed by atoms with Crippen LogP contribution in [0.1, 0.15) is 20.8 Å². The zero-order chi connectivity index (χ0) is 11.4. The lowest BCUT2D eigenvalue weighted by molar-refractivity contribution is -0.146. The molecule has 0 rings (SSSR count). The van der Waals surface area contributed by atoms with Gasteiger partial charge < -0.3 is 4.74 Å². The van der Waals surface area contributed by atoms with E-state index in [0.29, 0.717) is 0 Å². The van der Waals surface area contributed by atoms with Gasteiger partial charge in [-0.2, -0.15) is 0 Å². The van der Waals surface area contributed by atoms with E-state index >= 15 is 0 Å². The van der Waals surface area contributed by atoms with Gasteiger partial charge in [0.05, 0.1) is 6.10 Å². The molecule has 0 aromatic rings. The molecule has 0 spiro atoms. The molecule has 0 amide bonds. The van der Waals surface area contributed by atoms with E-state index in [1.54, 1.807) is 13.8 Å².